The normalized spacial score (nSPS) is 11.3. The maximum atomic E-state index is 5.18. The van der Waals surface area contributed by atoms with Crippen LogP contribution in [0.3, 0.4) is 0 Å². The quantitative estimate of drug-likeness (QED) is 0.314. The molecule has 158 valence electrons. The van der Waals surface area contributed by atoms with Crippen molar-refractivity contribution in [3.63, 3.8) is 0 Å². The van der Waals surface area contributed by atoms with Crippen molar-refractivity contribution < 1.29 is 4.57 Å². The fraction of sp³-hybridized carbons (Fsp3) is 0.172. The van der Waals surface area contributed by atoms with Crippen molar-refractivity contribution in [2.75, 3.05) is 0 Å². The maximum absolute atomic E-state index is 5.18. The molecular weight excluding hydrogens is 390 g/mol. The summed E-state index contributed by atoms with van der Waals surface area (Å²) in [6.45, 7) is 6.59. The largest absolute Gasteiger partial charge is 0.327 e. The molecule has 2 aromatic heterocycles. The Morgan fingerprint density at radius 1 is 0.781 bits per heavy atom. The highest BCUT2D eigenvalue weighted by molar-refractivity contribution is 5.92. The standard InChI is InChI=1S/C29H28N3/c1-19-18-26-28(21(3)27(19)22-12-7-6-8-13-22)30-29(32(26)5)24-15-11-14-23(20(24)2)25-16-9-10-17-31(25)4/h6-18H,1-5H3/q+1. The predicted molar refractivity (Wildman–Crippen MR) is 132 cm³/mol. The van der Waals surface area contributed by atoms with Crippen molar-refractivity contribution in [1.29, 1.82) is 0 Å². The summed E-state index contributed by atoms with van der Waals surface area (Å²) in [6.07, 6.45) is 2.09. The monoisotopic (exact) mass is 418 g/mol. The summed E-state index contributed by atoms with van der Waals surface area (Å²) >= 11 is 0. The molecule has 0 atom stereocenters. The molecule has 0 spiro atoms. The number of aromatic nitrogens is 3. The lowest BCUT2D eigenvalue weighted by Gasteiger charge is -2.12. The van der Waals surface area contributed by atoms with Gasteiger partial charge in [-0.05, 0) is 66.8 Å². The van der Waals surface area contributed by atoms with E-state index in [9.17, 15) is 0 Å². The van der Waals surface area contributed by atoms with E-state index in [-0.39, 0.29) is 0 Å². The van der Waals surface area contributed by atoms with Crippen LogP contribution >= 0.6 is 0 Å². The second kappa shape index (κ2) is 7.76. The number of rotatable bonds is 3. The first-order valence-electron chi connectivity index (χ1n) is 11.0. The van der Waals surface area contributed by atoms with Crippen LogP contribution in [0.1, 0.15) is 16.7 Å². The summed E-state index contributed by atoms with van der Waals surface area (Å²) in [5.41, 5.74) is 12.1. The molecule has 0 bridgehead atoms. The highest BCUT2D eigenvalue weighted by Crippen LogP contribution is 2.36. The molecule has 3 aromatic carbocycles. The zero-order chi connectivity index (χ0) is 22.4. The molecule has 0 saturated heterocycles. The molecule has 2 heterocycles. The summed E-state index contributed by atoms with van der Waals surface area (Å²) in [5, 5.41) is 0. The third-order valence-corrected chi connectivity index (χ3v) is 6.59. The minimum absolute atomic E-state index is 1.01. The van der Waals surface area contributed by atoms with Gasteiger partial charge in [0.25, 0.3) is 0 Å². The second-order valence-corrected chi connectivity index (χ2v) is 8.60. The van der Waals surface area contributed by atoms with Crippen molar-refractivity contribution in [2.45, 2.75) is 20.8 Å². The van der Waals surface area contributed by atoms with Crippen LogP contribution in [-0.4, -0.2) is 9.55 Å². The van der Waals surface area contributed by atoms with E-state index in [2.05, 4.69) is 123 Å². The fourth-order valence-corrected chi connectivity index (χ4v) is 4.89. The Balaban J connectivity index is 1.73. The first-order valence-corrected chi connectivity index (χ1v) is 11.0. The molecular formula is C29H28N3+. The van der Waals surface area contributed by atoms with Gasteiger partial charge in [-0.3, -0.25) is 0 Å². The average molecular weight is 419 g/mol. The Morgan fingerprint density at radius 2 is 1.50 bits per heavy atom. The Morgan fingerprint density at radius 3 is 2.25 bits per heavy atom. The van der Waals surface area contributed by atoms with E-state index in [1.165, 1.54) is 50.2 Å². The van der Waals surface area contributed by atoms with Gasteiger partial charge in [0.1, 0.15) is 12.9 Å². The van der Waals surface area contributed by atoms with Crippen LogP contribution in [-0.2, 0) is 14.1 Å². The maximum Gasteiger partial charge on any atom is 0.212 e. The number of nitrogens with zero attached hydrogens (tertiary/aromatic N) is 3. The van der Waals surface area contributed by atoms with Crippen LogP contribution in [0.4, 0.5) is 0 Å². The Kier molecular flexibility index (Phi) is 4.90. The molecule has 0 radical (unpaired) electrons. The van der Waals surface area contributed by atoms with Gasteiger partial charge in [-0.15, -0.1) is 0 Å². The molecule has 0 saturated carbocycles. The van der Waals surface area contributed by atoms with E-state index in [4.69, 9.17) is 4.98 Å². The van der Waals surface area contributed by atoms with E-state index in [1.807, 2.05) is 0 Å². The first kappa shape index (κ1) is 20.2. The van der Waals surface area contributed by atoms with E-state index in [0.717, 1.165) is 11.3 Å². The molecule has 0 aliphatic heterocycles. The van der Waals surface area contributed by atoms with E-state index >= 15 is 0 Å². The first-order chi connectivity index (χ1) is 15.5. The predicted octanol–water partition coefficient (Wildman–Crippen LogP) is 6.32. The Hall–Kier alpha value is -3.72. The molecule has 0 N–H and O–H groups in total. The van der Waals surface area contributed by atoms with E-state index < -0.39 is 0 Å². The van der Waals surface area contributed by atoms with E-state index in [1.54, 1.807) is 0 Å². The zero-order valence-electron chi connectivity index (χ0n) is 19.3. The Bertz CT molecular complexity index is 1460. The number of benzene rings is 3. The number of imidazole rings is 1. The number of hydrogen-bond acceptors (Lipinski definition) is 1. The van der Waals surface area contributed by atoms with Crippen LogP contribution < -0.4 is 4.57 Å². The van der Waals surface area contributed by atoms with Crippen LogP contribution in [0.2, 0.25) is 0 Å². The Labute approximate surface area is 189 Å². The molecule has 3 heteroatoms. The number of fused-ring (bicyclic) bond motifs is 1. The van der Waals surface area contributed by atoms with E-state index in [0.29, 0.717) is 0 Å². The summed E-state index contributed by atoms with van der Waals surface area (Å²) in [6, 6.07) is 25.7. The van der Waals surface area contributed by atoms with Gasteiger partial charge in [0, 0.05) is 30.3 Å². The molecule has 5 aromatic rings. The molecule has 0 aliphatic carbocycles. The summed E-state index contributed by atoms with van der Waals surface area (Å²) < 4.78 is 4.40. The molecule has 5 rings (SSSR count). The lowest BCUT2D eigenvalue weighted by molar-refractivity contribution is -0.660. The van der Waals surface area contributed by atoms with Gasteiger partial charge in [-0.25, -0.2) is 9.55 Å². The SMILES string of the molecule is Cc1cc2c(nc(-c3cccc(-c4cccc[n+]4C)c3C)n2C)c(C)c1-c1ccccc1. The molecule has 0 unspecified atom stereocenters. The second-order valence-electron chi connectivity index (χ2n) is 8.60. The van der Waals surface area contributed by atoms with Gasteiger partial charge in [-0.1, -0.05) is 42.5 Å². The van der Waals surface area contributed by atoms with Gasteiger partial charge < -0.3 is 4.57 Å². The highest BCUT2D eigenvalue weighted by Gasteiger charge is 2.20. The summed E-state index contributed by atoms with van der Waals surface area (Å²) in [4.78, 5) is 5.18. The van der Waals surface area contributed by atoms with Crippen LogP contribution in [0, 0.1) is 20.8 Å². The van der Waals surface area contributed by atoms with Crippen molar-refractivity contribution >= 4 is 11.0 Å². The number of pyridine rings is 1. The smallest absolute Gasteiger partial charge is 0.212 e. The topological polar surface area (TPSA) is 21.7 Å². The molecule has 32 heavy (non-hydrogen) atoms. The third-order valence-electron chi connectivity index (χ3n) is 6.59. The van der Waals surface area contributed by atoms with Gasteiger partial charge >= 0.3 is 0 Å². The number of aryl methyl sites for hydroxylation is 4. The summed E-state index contributed by atoms with van der Waals surface area (Å²) in [5.74, 6) is 1.01. The lowest BCUT2D eigenvalue weighted by atomic mass is 9.94. The van der Waals surface area contributed by atoms with Gasteiger partial charge in [0.2, 0.25) is 5.69 Å². The minimum atomic E-state index is 1.01. The van der Waals surface area contributed by atoms with Gasteiger partial charge in [0.15, 0.2) is 6.20 Å². The van der Waals surface area contributed by atoms with Gasteiger partial charge in [-0.2, -0.15) is 0 Å². The van der Waals surface area contributed by atoms with Crippen LogP contribution in [0.5, 0.6) is 0 Å². The minimum Gasteiger partial charge on any atom is -0.327 e. The third kappa shape index (κ3) is 3.13. The molecule has 0 amide bonds. The highest BCUT2D eigenvalue weighted by atomic mass is 15.1. The zero-order valence-corrected chi connectivity index (χ0v) is 19.3. The van der Waals surface area contributed by atoms with Crippen molar-refractivity contribution in [1.82, 2.24) is 9.55 Å². The average Bonchev–Trinajstić information content (AvgIpc) is 3.12. The number of hydrogen-bond donors (Lipinski definition) is 0. The van der Waals surface area contributed by atoms with Crippen molar-refractivity contribution in [3.8, 4) is 33.8 Å². The molecule has 0 aliphatic rings. The fourth-order valence-electron chi connectivity index (χ4n) is 4.89. The van der Waals surface area contributed by atoms with Crippen molar-refractivity contribution in [3.05, 3.63) is 95.7 Å². The molecule has 3 nitrogen and oxygen atoms in total. The van der Waals surface area contributed by atoms with Crippen molar-refractivity contribution in [2.24, 2.45) is 14.1 Å². The van der Waals surface area contributed by atoms with Crippen LogP contribution in [0.25, 0.3) is 44.8 Å². The molecule has 0 fully saturated rings. The summed E-state index contributed by atoms with van der Waals surface area (Å²) in [7, 11) is 4.22. The van der Waals surface area contributed by atoms with Crippen LogP contribution in [0.15, 0.2) is 79.0 Å². The lowest BCUT2D eigenvalue weighted by Crippen LogP contribution is -2.30. The van der Waals surface area contributed by atoms with Gasteiger partial charge in [0.05, 0.1) is 11.0 Å².